The van der Waals surface area contributed by atoms with Crippen molar-refractivity contribution in [1.29, 1.82) is 0 Å². The molecule has 0 fully saturated rings. The number of hydrogen-bond acceptors (Lipinski definition) is 3. The van der Waals surface area contributed by atoms with Gasteiger partial charge in [0, 0.05) is 19.5 Å². The van der Waals surface area contributed by atoms with Gasteiger partial charge >= 0.3 is 5.97 Å². The second-order valence-corrected chi connectivity index (χ2v) is 2.71. The largest absolute Gasteiger partial charge is 0.469 e. The summed E-state index contributed by atoms with van der Waals surface area (Å²) in [6, 6.07) is 0. The van der Waals surface area contributed by atoms with E-state index in [1.165, 1.54) is 7.11 Å². The number of methoxy groups -OCH3 is 1. The fourth-order valence-electron chi connectivity index (χ4n) is 1.00. The van der Waals surface area contributed by atoms with E-state index >= 15 is 0 Å². The Balaban J connectivity index is 3.60. The Kier molecular flexibility index (Phi) is 7.04. The molecule has 0 radical (unpaired) electrons. The minimum absolute atomic E-state index is 0.167. The van der Waals surface area contributed by atoms with Crippen LogP contribution in [0.4, 0.5) is 0 Å². The van der Waals surface area contributed by atoms with Crippen LogP contribution in [0.25, 0.3) is 0 Å². The average molecular weight is 183 g/mol. The molecule has 0 aromatic carbocycles. The van der Waals surface area contributed by atoms with E-state index in [-0.39, 0.29) is 5.97 Å². The van der Waals surface area contributed by atoms with Gasteiger partial charge in [-0.05, 0) is 6.54 Å². The lowest BCUT2D eigenvalue weighted by molar-refractivity contribution is -0.140. The molecular formula is C10H17NO2. The summed E-state index contributed by atoms with van der Waals surface area (Å²) in [5, 5.41) is 0. The molecule has 0 unspecified atom stereocenters. The molecule has 0 rings (SSSR count). The highest BCUT2D eigenvalue weighted by atomic mass is 16.5. The quantitative estimate of drug-likeness (QED) is 0.452. The molecule has 0 aliphatic heterocycles. The van der Waals surface area contributed by atoms with E-state index in [9.17, 15) is 4.79 Å². The van der Waals surface area contributed by atoms with Crippen molar-refractivity contribution in [3.05, 3.63) is 0 Å². The summed E-state index contributed by atoms with van der Waals surface area (Å²) in [5.41, 5.74) is 0. The fourth-order valence-corrected chi connectivity index (χ4v) is 1.00. The smallest absolute Gasteiger partial charge is 0.306 e. The van der Waals surface area contributed by atoms with E-state index in [1.54, 1.807) is 0 Å². The zero-order valence-electron chi connectivity index (χ0n) is 8.38. The van der Waals surface area contributed by atoms with Crippen LogP contribution in [-0.2, 0) is 9.53 Å². The third kappa shape index (κ3) is 6.18. The van der Waals surface area contributed by atoms with E-state index in [1.807, 2.05) is 6.92 Å². The molecule has 0 spiro atoms. The predicted molar refractivity (Wildman–Crippen MR) is 52.2 cm³/mol. The molecule has 0 heterocycles. The Hall–Kier alpha value is -1.01. The van der Waals surface area contributed by atoms with E-state index in [0.717, 1.165) is 26.1 Å². The van der Waals surface area contributed by atoms with Gasteiger partial charge in [0.2, 0.25) is 0 Å². The summed E-state index contributed by atoms with van der Waals surface area (Å²) in [6.07, 6.45) is 6.32. The Morgan fingerprint density at radius 1 is 1.54 bits per heavy atom. The van der Waals surface area contributed by atoms with Crippen molar-refractivity contribution in [2.75, 3.05) is 26.7 Å². The molecule has 13 heavy (non-hydrogen) atoms. The maximum Gasteiger partial charge on any atom is 0.306 e. The van der Waals surface area contributed by atoms with Crippen molar-refractivity contribution in [1.82, 2.24) is 4.90 Å². The van der Waals surface area contributed by atoms with E-state index in [4.69, 9.17) is 6.42 Å². The predicted octanol–water partition coefficient (Wildman–Crippen LogP) is 0.895. The SMILES string of the molecule is C#CCCN(CC)CCC(=O)OC. The summed E-state index contributed by atoms with van der Waals surface area (Å²) >= 11 is 0. The van der Waals surface area contributed by atoms with E-state index in [0.29, 0.717) is 6.42 Å². The Labute approximate surface area is 80.1 Å². The second kappa shape index (κ2) is 7.63. The molecular weight excluding hydrogens is 166 g/mol. The molecule has 0 aliphatic carbocycles. The first-order valence-electron chi connectivity index (χ1n) is 4.47. The monoisotopic (exact) mass is 183 g/mol. The molecule has 0 amide bonds. The van der Waals surface area contributed by atoms with Gasteiger partial charge in [-0.2, -0.15) is 0 Å². The van der Waals surface area contributed by atoms with Gasteiger partial charge in [-0.15, -0.1) is 12.3 Å². The molecule has 0 saturated carbocycles. The van der Waals surface area contributed by atoms with Gasteiger partial charge in [-0.25, -0.2) is 0 Å². The molecule has 0 atom stereocenters. The van der Waals surface area contributed by atoms with Crippen molar-refractivity contribution in [3.63, 3.8) is 0 Å². The van der Waals surface area contributed by atoms with Crippen LogP contribution in [0.1, 0.15) is 19.8 Å². The van der Waals surface area contributed by atoms with Gasteiger partial charge in [-0.1, -0.05) is 6.92 Å². The highest BCUT2D eigenvalue weighted by Gasteiger charge is 2.05. The second-order valence-electron chi connectivity index (χ2n) is 2.71. The topological polar surface area (TPSA) is 29.5 Å². The minimum Gasteiger partial charge on any atom is -0.469 e. The number of terminal acetylenes is 1. The molecule has 0 aromatic heterocycles. The van der Waals surface area contributed by atoms with Crippen LogP contribution in [0.15, 0.2) is 0 Å². The first kappa shape index (κ1) is 12.0. The average Bonchev–Trinajstić information content (AvgIpc) is 2.17. The van der Waals surface area contributed by atoms with Crippen LogP contribution < -0.4 is 0 Å². The van der Waals surface area contributed by atoms with E-state index in [2.05, 4.69) is 15.6 Å². The Bertz CT molecular complexity index is 184. The van der Waals surface area contributed by atoms with Crippen LogP contribution in [-0.4, -0.2) is 37.6 Å². The lowest BCUT2D eigenvalue weighted by atomic mass is 10.3. The first-order chi connectivity index (χ1) is 6.24. The molecule has 0 aliphatic rings. The van der Waals surface area contributed by atoms with Gasteiger partial charge in [0.05, 0.1) is 13.5 Å². The van der Waals surface area contributed by atoms with E-state index < -0.39 is 0 Å². The molecule has 3 nitrogen and oxygen atoms in total. The van der Waals surface area contributed by atoms with Crippen molar-refractivity contribution in [3.8, 4) is 12.3 Å². The maximum absolute atomic E-state index is 10.8. The molecule has 3 heteroatoms. The van der Waals surface area contributed by atoms with Gasteiger partial charge in [0.15, 0.2) is 0 Å². The number of hydrogen-bond donors (Lipinski definition) is 0. The number of nitrogens with zero attached hydrogens (tertiary/aromatic N) is 1. The molecule has 0 N–H and O–H groups in total. The van der Waals surface area contributed by atoms with Gasteiger partial charge in [0.1, 0.15) is 0 Å². The highest BCUT2D eigenvalue weighted by Crippen LogP contribution is 1.94. The van der Waals surface area contributed by atoms with Crippen molar-refractivity contribution >= 4 is 5.97 Å². The normalized spacial score (nSPS) is 9.69. The van der Waals surface area contributed by atoms with Crippen LogP contribution in [0, 0.1) is 12.3 Å². The third-order valence-corrected chi connectivity index (χ3v) is 1.88. The summed E-state index contributed by atoms with van der Waals surface area (Å²) in [6.45, 7) is 4.54. The van der Waals surface area contributed by atoms with Crippen LogP contribution in [0.5, 0.6) is 0 Å². The summed E-state index contributed by atoms with van der Waals surface area (Å²) in [7, 11) is 1.40. The summed E-state index contributed by atoms with van der Waals surface area (Å²) in [5.74, 6) is 2.41. The standard InChI is InChI=1S/C10H17NO2/c1-4-6-8-11(5-2)9-7-10(12)13-3/h1H,5-9H2,2-3H3. The lowest BCUT2D eigenvalue weighted by Crippen LogP contribution is -2.27. The molecule has 0 saturated heterocycles. The van der Waals surface area contributed by atoms with Crippen molar-refractivity contribution in [2.45, 2.75) is 19.8 Å². The highest BCUT2D eigenvalue weighted by molar-refractivity contribution is 5.69. The number of ether oxygens (including phenoxy) is 1. The minimum atomic E-state index is -0.167. The van der Waals surface area contributed by atoms with Gasteiger partial charge < -0.3 is 9.64 Å². The number of esters is 1. The lowest BCUT2D eigenvalue weighted by Gasteiger charge is -2.17. The number of rotatable bonds is 6. The van der Waals surface area contributed by atoms with Crippen LogP contribution in [0.3, 0.4) is 0 Å². The number of carbonyl (C=O) groups excluding carboxylic acids is 1. The Morgan fingerprint density at radius 2 is 2.23 bits per heavy atom. The van der Waals surface area contributed by atoms with Crippen molar-refractivity contribution in [2.24, 2.45) is 0 Å². The summed E-state index contributed by atoms with van der Waals surface area (Å²) in [4.78, 5) is 13.0. The van der Waals surface area contributed by atoms with Crippen molar-refractivity contribution < 1.29 is 9.53 Å². The van der Waals surface area contributed by atoms with Gasteiger partial charge in [0.25, 0.3) is 0 Å². The third-order valence-electron chi connectivity index (χ3n) is 1.88. The first-order valence-corrected chi connectivity index (χ1v) is 4.47. The molecule has 0 bridgehead atoms. The number of carbonyl (C=O) groups is 1. The zero-order valence-corrected chi connectivity index (χ0v) is 8.38. The van der Waals surface area contributed by atoms with Crippen LogP contribution >= 0.6 is 0 Å². The molecule has 0 aromatic rings. The maximum atomic E-state index is 10.8. The fraction of sp³-hybridized carbons (Fsp3) is 0.700. The zero-order chi connectivity index (χ0) is 10.1. The Morgan fingerprint density at radius 3 is 2.69 bits per heavy atom. The van der Waals surface area contributed by atoms with Crippen LogP contribution in [0.2, 0.25) is 0 Å². The molecule has 74 valence electrons. The van der Waals surface area contributed by atoms with Gasteiger partial charge in [-0.3, -0.25) is 4.79 Å². The summed E-state index contributed by atoms with van der Waals surface area (Å²) < 4.78 is 4.54.